The van der Waals surface area contributed by atoms with E-state index in [-0.39, 0.29) is 0 Å². The summed E-state index contributed by atoms with van der Waals surface area (Å²) in [7, 11) is 4.18. The van der Waals surface area contributed by atoms with Crippen molar-refractivity contribution >= 4 is 5.97 Å². The molecule has 104 valence electrons. The number of ether oxygens (including phenoxy) is 1. The van der Waals surface area contributed by atoms with Crippen LogP contribution in [0.4, 0.5) is 0 Å². The Labute approximate surface area is 109 Å². The van der Waals surface area contributed by atoms with Crippen LogP contribution in [0.3, 0.4) is 0 Å². The maximum absolute atomic E-state index is 11.6. The van der Waals surface area contributed by atoms with E-state index in [1.54, 1.807) is 0 Å². The first-order valence-corrected chi connectivity index (χ1v) is 6.73. The van der Waals surface area contributed by atoms with Gasteiger partial charge in [0.25, 0.3) is 0 Å². The van der Waals surface area contributed by atoms with E-state index in [4.69, 9.17) is 4.74 Å². The fourth-order valence-electron chi connectivity index (χ4n) is 3.02. The molecule has 18 heavy (non-hydrogen) atoms. The lowest BCUT2D eigenvalue weighted by Crippen LogP contribution is -2.48. The molecule has 0 amide bonds. The van der Waals surface area contributed by atoms with E-state index in [1.165, 1.54) is 0 Å². The summed E-state index contributed by atoms with van der Waals surface area (Å²) in [4.78, 5) is 16.1. The van der Waals surface area contributed by atoms with Crippen LogP contribution in [0.5, 0.6) is 0 Å². The molecule has 2 aliphatic rings. The van der Waals surface area contributed by atoms with Gasteiger partial charge in [0.2, 0.25) is 0 Å². The highest BCUT2D eigenvalue weighted by Gasteiger charge is 2.43. The summed E-state index contributed by atoms with van der Waals surface area (Å²) < 4.78 is 5.41. The monoisotopic (exact) mass is 256 g/mol. The molecule has 2 heterocycles. The van der Waals surface area contributed by atoms with Gasteiger partial charge >= 0.3 is 5.97 Å². The van der Waals surface area contributed by atoms with Crippen molar-refractivity contribution in [3.8, 4) is 0 Å². The van der Waals surface area contributed by atoms with Gasteiger partial charge in [-0.1, -0.05) is 0 Å². The van der Waals surface area contributed by atoms with Crippen LogP contribution in [0.25, 0.3) is 0 Å². The number of likely N-dealkylation sites (N-methyl/N-ethyl adjacent to an activating group) is 1. The molecular formula is C13H24N2O3. The van der Waals surface area contributed by atoms with E-state index >= 15 is 0 Å². The maximum Gasteiger partial charge on any atom is 0.313 e. The average Bonchev–Trinajstić information content (AvgIpc) is 2.78. The van der Waals surface area contributed by atoms with Crippen LogP contribution < -0.4 is 0 Å². The van der Waals surface area contributed by atoms with Crippen LogP contribution in [0.1, 0.15) is 19.3 Å². The van der Waals surface area contributed by atoms with Gasteiger partial charge < -0.3 is 19.6 Å². The molecule has 0 radical (unpaired) electrons. The van der Waals surface area contributed by atoms with Gasteiger partial charge in [0.1, 0.15) is 5.41 Å². The van der Waals surface area contributed by atoms with Crippen LogP contribution in [0.2, 0.25) is 0 Å². The minimum atomic E-state index is -0.699. The van der Waals surface area contributed by atoms with Gasteiger partial charge in [-0.15, -0.1) is 0 Å². The normalized spacial score (nSPS) is 34.1. The Bertz CT molecular complexity index is 301. The second-order valence-corrected chi connectivity index (χ2v) is 5.88. The highest BCUT2D eigenvalue weighted by molar-refractivity contribution is 5.75. The summed E-state index contributed by atoms with van der Waals surface area (Å²) in [6, 6.07) is 0.556. The van der Waals surface area contributed by atoms with Crippen LogP contribution in [0, 0.1) is 5.41 Å². The number of carboxylic acid groups (broad SMARTS) is 1. The minimum Gasteiger partial charge on any atom is -0.481 e. The minimum absolute atomic E-state index is 0.367. The first-order chi connectivity index (χ1) is 8.53. The van der Waals surface area contributed by atoms with Crippen molar-refractivity contribution in [2.45, 2.75) is 25.3 Å². The average molecular weight is 256 g/mol. The van der Waals surface area contributed by atoms with Gasteiger partial charge in [0, 0.05) is 25.7 Å². The van der Waals surface area contributed by atoms with Crippen LogP contribution >= 0.6 is 0 Å². The van der Waals surface area contributed by atoms with Gasteiger partial charge in [-0.25, -0.2) is 0 Å². The highest BCUT2D eigenvalue weighted by atomic mass is 16.5. The number of nitrogens with zero attached hydrogens (tertiary/aromatic N) is 2. The zero-order valence-electron chi connectivity index (χ0n) is 11.4. The molecule has 5 nitrogen and oxygen atoms in total. The Hall–Kier alpha value is -0.650. The van der Waals surface area contributed by atoms with Crippen molar-refractivity contribution in [2.24, 2.45) is 5.41 Å². The van der Waals surface area contributed by atoms with E-state index in [2.05, 4.69) is 23.9 Å². The Kier molecular flexibility index (Phi) is 4.25. The van der Waals surface area contributed by atoms with Crippen molar-refractivity contribution in [3.63, 3.8) is 0 Å². The Morgan fingerprint density at radius 2 is 2.33 bits per heavy atom. The van der Waals surface area contributed by atoms with Crippen molar-refractivity contribution < 1.29 is 14.6 Å². The van der Waals surface area contributed by atoms with E-state index < -0.39 is 11.4 Å². The topological polar surface area (TPSA) is 53.0 Å². The third kappa shape index (κ3) is 2.84. The van der Waals surface area contributed by atoms with Gasteiger partial charge in [0.15, 0.2) is 0 Å². The predicted octanol–water partition coefficient (Wildman–Crippen LogP) is 0.504. The molecule has 0 bridgehead atoms. The zero-order valence-corrected chi connectivity index (χ0v) is 11.4. The Morgan fingerprint density at radius 1 is 1.56 bits per heavy atom. The third-order valence-electron chi connectivity index (χ3n) is 4.28. The largest absolute Gasteiger partial charge is 0.481 e. The lowest BCUT2D eigenvalue weighted by atomic mass is 9.82. The first kappa shape index (κ1) is 13.8. The molecule has 5 heteroatoms. The zero-order chi connectivity index (χ0) is 13.2. The van der Waals surface area contributed by atoms with Gasteiger partial charge in [-0.3, -0.25) is 4.79 Å². The number of likely N-dealkylation sites (tertiary alicyclic amines) is 1. The number of aliphatic carboxylic acids is 1. The second-order valence-electron chi connectivity index (χ2n) is 5.88. The standard InChI is InChI=1S/C13H24N2O3/c1-14(2)11-4-6-15(8-11)9-13(12(16)17)5-3-7-18-10-13/h11H,3-10H2,1-2H3,(H,16,17). The summed E-state index contributed by atoms with van der Waals surface area (Å²) in [6.07, 6.45) is 2.73. The molecular weight excluding hydrogens is 232 g/mol. The van der Waals surface area contributed by atoms with Gasteiger partial charge in [0.05, 0.1) is 6.61 Å². The lowest BCUT2D eigenvalue weighted by molar-refractivity contribution is -0.159. The molecule has 0 aliphatic carbocycles. The highest BCUT2D eigenvalue weighted by Crippen LogP contribution is 2.31. The van der Waals surface area contributed by atoms with Crippen molar-refractivity contribution in [1.82, 2.24) is 9.80 Å². The number of hydrogen-bond donors (Lipinski definition) is 1. The molecule has 2 unspecified atom stereocenters. The summed E-state index contributed by atoms with van der Waals surface area (Å²) in [6.45, 7) is 3.67. The summed E-state index contributed by atoms with van der Waals surface area (Å²) >= 11 is 0. The summed E-state index contributed by atoms with van der Waals surface area (Å²) in [5.74, 6) is -0.699. The second kappa shape index (κ2) is 5.55. The smallest absolute Gasteiger partial charge is 0.313 e. The Morgan fingerprint density at radius 3 is 2.83 bits per heavy atom. The van der Waals surface area contributed by atoms with Gasteiger partial charge in [-0.05, 0) is 39.9 Å². The number of hydrogen-bond acceptors (Lipinski definition) is 4. The molecule has 0 saturated carbocycles. The van der Waals surface area contributed by atoms with E-state index in [1.807, 2.05) is 0 Å². The quantitative estimate of drug-likeness (QED) is 0.794. The molecule has 2 rings (SSSR count). The maximum atomic E-state index is 11.6. The SMILES string of the molecule is CN(C)C1CCN(CC2(C(=O)O)CCCOC2)C1. The molecule has 0 aromatic heterocycles. The Balaban J connectivity index is 1.96. The summed E-state index contributed by atoms with van der Waals surface area (Å²) in [5, 5.41) is 9.51. The van der Waals surface area contributed by atoms with Gasteiger partial charge in [-0.2, -0.15) is 0 Å². The molecule has 2 atom stereocenters. The van der Waals surface area contributed by atoms with Crippen molar-refractivity contribution in [3.05, 3.63) is 0 Å². The first-order valence-electron chi connectivity index (χ1n) is 6.73. The number of carbonyl (C=O) groups is 1. The molecule has 0 aromatic carbocycles. The van der Waals surface area contributed by atoms with Crippen molar-refractivity contribution in [1.29, 1.82) is 0 Å². The molecule has 1 N–H and O–H groups in total. The number of rotatable bonds is 4. The van der Waals surface area contributed by atoms with Crippen molar-refractivity contribution in [2.75, 3.05) is 46.9 Å². The molecule has 2 saturated heterocycles. The molecule has 0 aromatic rings. The number of carboxylic acids is 1. The summed E-state index contributed by atoms with van der Waals surface area (Å²) in [5.41, 5.74) is -0.681. The van der Waals surface area contributed by atoms with Crippen LogP contribution in [0.15, 0.2) is 0 Å². The third-order valence-corrected chi connectivity index (χ3v) is 4.28. The van der Waals surface area contributed by atoms with E-state index in [0.29, 0.717) is 25.8 Å². The fourth-order valence-corrected chi connectivity index (χ4v) is 3.02. The van der Waals surface area contributed by atoms with E-state index in [9.17, 15) is 9.90 Å². The molecule has 2 aliphatic heterocycles. The van der Waals surface area contributed by atoms with Crippen LogP contribution in [-0.2, 0) is 9.53 Å². The predicted molar refractivity (Wildman–Crippen MR) is 68.7 cm³/mol. The lowest BCUT2D eigenvalue weighted by Gasteiger charge is -2.36. The molecule has 2 fully saturated rings. The van der Waals surface area contributed by atoms with Crippen LogP contribution in [-0.4, -0.2) is 73.9 Å². The molecule has 0 spiro atoms. The fraction of sp³-hybridized carbons (Fsp3) is 0.923. The van der Waals surface area contributed by atoms with E-state index in [0.717, 1.165) is 32.4 Å².